The number of methoxy groups -OCH3 is 2. The second kappa shape index (κ2) is 12.1. The molecule has 2 atom stereocenters. The van der Waals surface area contributed by atoms with Crippen molar-refractivity contribution in [2.24, 2.45) is 14.6 Å². The van der Waals surface area contributed by atoms with Gasteiger partial charge in [0, 0.05) is 11.5 Å². The minimum atomic E-state index is -4.29. The smallest absolute Gasteiger partial charge is 0.267 e. The van der Waals surface area contributed by atoms with Crippen molar-refractivity contribution in [2.75, 3.05) is 19.1 Å². The van der Waals surface area contributed by atoms with Gasteiger partial charge in [-0.25, -0.2) is 27.8 Å². The van der Waals surface area contributed by atoms with Crippen LogP contribution in [0, 0.1) is 5.82 Å². The number of aromatic nitrogens is 2. The highest BCUT2D eigenvalue weighted by molar-refractivity contribution is 7.90. The zero-order valence-electron chi connectivity index (χ0n) is 23.7. The molecule has 0 spiro atoms. The molecule has 0 fully saturated rings. The second-order valence-electron chi connectivity index (χ2n) is 9.50. The van der Waals surface area contributed by atoms with Gasteiger partial charge in [0.05, 0.1) is 37.6 Å². The van der Waals surface area contributed by atoms with Crippen LogP contribution in [0.4, 0.5) is 10.1 Å². The van der Waals surface area contributed by atoms with Gasteiger partial charge in [-0.3, -0.25) is 10.1 Å². The molecule has 1 aromatic heterocycles. The topological polar surface area (TPSA) is 142 Å². The summed E-state index contributed by atoms with van der Waals surface area (Å²) in [7, 11) is -1.40. The number of ether oxygens (including phenoxy) is 2. The maximum atomic E-state index is 13.6. The Balaban J connectivity index is 1.63. The highest BCUT2D eigenvalue weighted by Gasteiger charge is 2.37. The fourth-order valence-electron chi connectivity index (χ4n) is 4.48. The molecule has 3 heterocycles. The quantitative estimate of drug-likeness (QED) is 0.364. The molecule has 12 nitrogen and oxygen atoms in total. The number of azo groups is 1. The van der Waals surface area contributed by atoms with E-state index in [2.05, 4.69) is 24.6 Å². The van der Waals surface area contributed by atoms with E-state index in [1.54, 1.807) is 43.4 Å². The zero-order valence-corrected chi connectivity index (χ0v) is 24.5. The number of hydroxylamine groups is 2. The van der Waals surface area contributed by atoms with Crippen molar-refractivity contribution in [3.63, 3.8) is 0 Å². The number of rotatable bonds is 8. The monoisotopic (exact) mass is 605 g/mol. The van der Waals surface area contributed by atoms with Gasteiger partial charge in [-0.2, -0.15) is 0 Å². The molecule has 0 saturated heterocycles. The number of guanidine groups is 1. The van der Waals surface area contributed by atoms with Crippen molar-refractivity contribution in [1.82, 2.24) is 15.0 Å². The van der Waals surface area contributed by atoms with Crippen LogP contribution in [0.15, 0.2) is 105 Å². The van der Waals surface area contributed by atoms with Gasteiger partial charge in [0.2, 0.25) is 0 Å². The molecule has 2 aliphatic rings. The van der Waals surface area contributed by atoms with Gasteiger partial charge in [0.1, 0.15) is 28.7 Å². The summed E-state index contributed by atoms with van der Waals surface area (Å²) in [6.07, 6.45) is 6.99. The van der Waals surface area contributed by atoms with E-state index in [-0.39, 0.29) is 29.0 Å². The van der Waals surface area contributed by atoms with Crippen LogP contribution >= 0.6 is 0 Å². The van der Waals surface area contributed by atoms with E-state index in [0.29, 0.717) is 17.2 Å². The number of benzene rings is 2. The number of hydrogen-bond donors (Lipinski definition) is 1. The molecular weight excluding hydrogens is 577 g/mol. The fraction of sp³-hybridized carbons (Fsp3) is 0.207. The standard InChI is InChI=1S/C29H28FN7O5S/c1-18(27-31-16-21(30)17-32-27)19(2)43(39,40)35-29-34-33-28(36(29)26-24(41-3)14-9-15-25(26)42-4)23-13-8-12-22(37(23)38)20-10-6-5-7-11-20/h5-19,38H,1-4H3/t18-,19-/m0/s1. The minimum Gasteiger partial charge on any atom is -0.494 e. The predicted octanol–water partition coefficient (Wildman–Crippen LogP) is 5.25. The van der Waals surface area contributed by atoms with Crippen LogP contribution in [0.5, 0.6) is 11.5 Å². The summed E-state index contributed by atoms with van der Waals surface area (Å²) in [5.74, 6) is -0.895. The molecule has 222 valence electrons. The van der Waals surface area contributed by atoms with Crippen molar-refractivity contribution in [2.45, 2.75) is 25.0 Å². The van der Waals surface area contributed by atoms with E-state index in [1.165, 1.54) is 26.0 Å². The largest absolute Gasteiger partial charge is 0.494 e. The average Bonchev–Trinajstić information content (AvgIpc) is 3.42. The van der Waals surface area contributed by atoms with E-state index >= 15 is 0 Å². The lowest BCUT2D eigenvalue weighted by atomic mass is 10.1. The summed E-state index contributed by atoms with van der Waals surface area (Å²) >= 11 is 0. The van der Waals surface area contributed by atoms with E-state index < -0.39 is 27.0 Å². The maximum Gasteiger partial charge on any atom is 0.267 e. The van der Waals surface area contributed by atoms with Gasteiger partial charge < -0.3 is 9.47 Å². The summed E-state index contributed by atoms with van der Waals surface area (Å²) in [6.45, 7) is 3.06. The fourth-order valence-corrected chi connectivity index (χ4v) is 5.63. The first-order chi connectivity index (χ1) is 20.7. The summed E-state index contributed by atoms with van der Waals surface area (Å²) in [4.78, 5) is 9.20. The molecule has 3 aromatic rings. The maximum absolute atomic E-state index is 13.6. The highest BCUT2D eigenvalue weighted by Crippen LogP contribution is 2.44. The van der Waals surface area contributed by atoms with Crippen LogP contribution in [0.2, 0.25) is 0 Å². The normalized spacial score (nSPS) is 19.0. The number of anilines is 1. The van der Waals surface area contributed by atoms with Crippen molar-refractivity contribution < 1.29 is 27.5 Å². The molecule has 5 rings (SSSR count). The van der Waals surface area contributed by atoms with Gasteiger partial charge in [0.15, 0.2) is 11.6 Å². The zero-order chi connectivity index (χ0) is 30.7. The molecule has 0 unspecified atom stereocenters. The minimum absolute atomic E-state index is 0.0552. The van der Waals surface area contributed by atoms with Crippen LogP contribution in [0.1, 0.15) is 31.2 Å². The number of para-hydroxylation sites is 1. The Bertz CT molecular complexity index is 1750. The van der Waals surface area contributed by atoms with Crippen LogP contribution in [-0.4, -0.2) is 54.1 Å². The Labute approximate surface area is 247 Å². The number of hydrogen-bond acceptors (Lipinski definition) is 9. The number of halogens is 1. The Morgan fingerprint density at radius 3 is 2.23 bits per heavy atom. The highest BCUT2D eigenvalue weighted by atomic mass is 32.2. The van der Waals surface area contributed by atoms with E-state index in [0.717, 1.165) is 23.0 Å². The molecule has 0 amide bonds. The summed E-state index contributed by atoms with van der Waals surface area (Å²) in [5, 5.41) is 19.5. The second-order valence-corrected chi connectivity index (χ2v) is 11.5. The average molecular weight is 606 g/mol. The summed E-state index contributed by atoms with van der Waals surface area (Å²) in [6, 6.07) is 14.2. The molecule has 43 heavy (non-hydrogen) atoms. The van der Waals surface area contributed by atoms with Gasteiger partial charge in [-0.15, -0.1) is 14.6 Å². The van der Waals surface area contributed by atoms with E-state index in [9.17, 15) is 18.0 Å². The van der Waals surface area contributed by atoms with E-state index in [1.807, 2.05) is 30.3 Å². The van der Waals surface area contributed by atoms with Crippen molar-refractivity contribution >= 4 is 27.4 Å². The first-order valence-corrected chi connectivity index (χ1v) is 14.6. The first-order valence-electron chi connectivity index (χ1n) is 13.1. The first kappa shape index (κ1) is 29.5. The lowest BCUT2D eigenvalue weighted by Gasteiger charge is -2.28. The molecule has 14 heteroatoms. The Morgan fingerprint density at radius 2 is 1.60 bits per heavy atom. The van der Waals surface area contributed by atoms with Crippen LogP contribution < -0.4 is 14.4 Å². The third-order valence-electron chi connectivity index (χ3n) is 6.97. The predicted molar refractivity (Wildman–Crippen MR) is 157 cm³/mol. The molecule has 0 aliphatic carbocycles. The number of sulfonamides is 1. The molecule has 2 aromatic carbocycles. The molecule has 2 aliphatic heterocycles. The van der Waals surface area contributed by atoms with Gasteiger partial charge in [-0.1, -0.05) is 49.4 Å². The lowest BCUT2D eigenvalue weighted by Crippen LogP contribution is -2.31. The van der Waals surface area contributed by atoms with Gasteiger partial charge in [0.25, 0.3) is 16.0 Å². The lowest BCUT2D eigenvalue weighted by molar-refractivity contribution is 0.0120. The van der Waals surface area contributed by atoms with Gasteiger partial charge in [-0.05, 0) is 31.2 Å². The molecular formula is C29H28FN7O5S. The van der Waals surface area contributed by atoms with Crippen LogP contribution in [-0.2, 0) is 10.0 Å². The third-order valence-corrected chi connectivity index (χ3v) is 8.73. The number of nitrogens with zero attached hydrogens (tertiary/aromatic N) is 7. The molecule has 0 bridgehead atoms. The SMILES string of the molecule is COc1cccc(OC)c1N1C(=NS(=O)(=O)[C@@H](C)[C@H](C)c2ncc(F)cn2)N=NC1=C1C=CC=C(c2ccccc2)N1O. The van der Waals surface area contributed by atoms with Crippen molar-refractivity contribution in [3.05, 3.63) is 108 Å². The molecule has 1 N–H and O–H groups in total. The Hall–Kier alpha value is -4.95. The van der Waals surface area contributed by atoms with Gasteiger partial charge >= 0.3 is 0 Å². The number of allylic oxidation sites excluding steroid dienone is 3. The third kappa shape index (κ3) is 5.74. The van der Waals surface area contributed by atoms with E-state index in [4.69, 9.17) is 9.47 Å². The summed E-state index contributed by atoms with van der Waals surface area (Å²) in [5.41, 5.74) is 1.62. The van der Waals surface area contributed by atoms with Crippen LogP contribution in [0.25, 0.3) is 5.70 Å². The Morgan fingerprint density at radius 1 is 0.953 bits per heavy atom. The Kier molecular flexibility index (Phi) is 8.32. The molecule has 0 saturated carbocycles. The van der Waals surface area contributed by atoms with Crippen molar-refractivity contribution in [1.29, 1.82) is 0 Å². The van der Waals surface area contributed by atoms with Crippen LogP contribution in [0.3, 0.4) is 0 Å². The summed E-state index contributed by atoms with van der Waals surface area (Å²) < 4.78 is 55.9. The van der Waals surface area contributed by atoms with Crippen molar-refractivity contribution in [3.8, 4) is 11.5 Å². The molecule has 0 radical (unpaired) electrons.